The number of nitrogens with two attached hydrogens (primary N) is 1. The number of hydrogen-bond donors (Lipinski definition) is 2. The lowest BCUT2D eigenvalue weighted by molar-refractivity contribution is -0.129. The maximum absolute atomic E-state index is 13.2. The summed E-state index contributed by atoms with van der Waals surface area (Å²) in [6, 6.07) is 7.02. The Morgan fingerprint density at radius 1 is 0.556 bits per heavy atom. The minimum atomic E-state index is -1.38. The van der Waals surface area contributed by atoms with Crippen molar-refractivity contribution in [3.8, 4) is 0 Å². The van der Waals surface area contributed by atoms with Gasteiger partial charge in [0, 0.05) is 149 Å². The topological polar surface area (TPSA) is 253 Å². The van der Waals surface area contributed by atoms with E-state index >= 15 is 0 Å². The van der Waals surface area contributed by atoms with Crippen molar-refractivity contribution in [2.45, 2.75) is 191 Å². The van der Waals surface area contributed by atoms with Crippen molar-refractivity contribution in [1.29, 1.82) is 0 Å². The summed E-state index contributed by atoms with van der Waals surface area (Å²) in [5, 5.41) is 4.74. The van der Waals surface area contributed by atoms with Crippen LogP contribution in [0.15, 0.2) is 101 Å². The van der Waals surface area contributed by atoms with Crippen LogP contribution in [0.4, 0.5) is 22.0 Å². The summed E-state index contributed by atoms with van der Waals surface area (Å²) in [5.41, 5.74) is 5.78. The van der Waals surface area contributed by atoms with E-state index in [4.69, 9.17) is 74.7 Å². The first-order valence-corrected chi connectivity index (χ1v) is 41.0. The van der Waals surface area contributed by atoms with Gasteiger partial charge >= 0.3 is 0 Å². The summed E-state index contributed by atoms with van der Waals surface area (Å²) in [5.74, 6) is 1.52. The van der Waals surface area contributed by atoms with Crippen LogP contribution in [0.25, 0.3) is 0 Å². The summed E-state index contributed by atoms with van der Waals surface area (Å²) in [6.07, 6.45) is 26.5. The van der Waals surface area contributed by atoms with Crippen molar-refractivity contribution >= 4 is 172 Å². The third-order valence-electron chi connectivity index (χ3n) is 13.5. The molecule has 0 spiro atoms. The Morgan fingerprint density at radius 3 is 1.28 bits per heavy atom. The van der Waals surface area contributed by atoms with Gasteiger partial charge in [0.2, 0.25) is 17.1 Å². The molecule has 0 aromatic carbocycles. The highest BCUT2D eigenvalue weighted by Gasteiger charge is 2.36. The highest BCUT2D eigenvalue weighted by atomic mass is 79.9. The monoisotopic (exact) mass is 1810 g/mol. The van der Waals surface area contributed by atoms with E-state index in [9.17, 15) is 53.8 Å². The minimum Gasteiger partial charge on any atom is -0.349 e. The molecule has 5 aromatic rings. The number of ketones is 1. The molecule has 3 N–H and O–H groups in total. The fraction of sp³-hybridized carbons (Fsp3) is 0.583. The van der Waals surface area contributed by atoms with Gasteiger partial charge in [-0.25, -0.2) is 44.4 Å². The van der Waals surface area contributed by atoms with Crippen LogP contribution in [0.3, 0.4) is 0 Å². The number of aromatic nitrogens is 5. The second kappa shape index (κ2) is 65.8. The number of amides is 2. The molecule has 0 bridgehead atoms. The van der Waals surface area contributed by atoms with E-state index in [2.05, 4.69) is 55.6 Å². The van der Waals surface area contributed by atoms with Gasteiger partial charge in [0.15, 0.2) is 5.78 Å². The van der Waals surface area contributed by atoms with E-state index in [1.165, 1.54) is 80.9 Å². The quantitative estimate of drug-likeness (QED) is 0.0163. The molecular formula is C72H111BrCl8F5N11O8S3. The lowest BCUT2D eigenvalue weighted by Gasteiger charge is -2.30. The number of Topliss-reactive ketones (excluding diaryl/α,β-unsaturated/α-hetero) is 1. The van der Waals surface area contributed by atoms with Crippen LogP contribution in [-0.4, -0.2) is 173 Å². The van der Waals surface area contributed by atoms with Crippen molar-refractivity contribution in [1.82, 2.24) is 44.5 Å². The van der Waals surface area contributed by atoms with Gasteiger partial charge in [-0.3, -0.25) is 49.2 Å². The lowest BCUT2D eigenvalue weighted by Crippen LogP contribution is -2.37. The first-order chi connectivity index (χ1) is 49.6. The van der Waals surface area contributed by atoms with Crippen LogP contribution in [-0.2, 0) is 52.2 Å². The first kappa shape index (κ1) is 113. The van der Waals surface area contributed by atoms with Crippen LogP contribution in [0.2, 0.25) is 0 Å². The van der Waals surface area contributed by atoms with Crippen molar-refractivity contribution in [2.24, 2.45) is 9.54 Å². The third kappa shape index (κ3) is 58.3. The van der Waals surface area contributed by atoms with Gasteiger partial charge in [-0.1, -0.05) is 12.8 Å². The van der Waals surface area contributed by atoms with Crippen LogP contribution < -0.4 is 10.6 Å². The van der Waals surface area contributed by atoms with Crippen LogP contribution in [0, 0.1) is 29.1 Å². The maximum Gasteiger partial charge on any atom is 0.222 e. The Morgan fingerprint density at radius 2 is 0.926 bits per heavy atom. The molecule has 1 saturated heterocycles. The van der Waals surface area contributed by atoms with Crippen LogP contribution in [0.1, 0.15) is 204 Å². The Hall–Kier alpha value is -3.56. The van der Waals surface area contributed by atoms with E-state index in [-0.39, 0.29) is 80.6 Å². The normalized spacial score (nSPS) is 13.8. The molecule has 2 amide bonds. The Kier molecular flexibility index (Phi) is 68.9. The number of halogens is 14. The Labute approximate surface area is 696 Å². The number of carbonyl (C=O) groups is 4. The predicted octanol–water partition coefficient (Wildman–Crippen LogP) is 18.6. The fourth-order valence-electron chi connectivity index (χ4n) is 7.84. The summed E-state index contributed by atoms with van der Waals surface area (Å²) in [4.78, 5) is 68.9. The molecule has 36 heteroatoms. The molecule has 6 heterocycles. The zero-order chi connectivity index (χ0) is 81.6. The Bertz CT molecular complexity index is 3330. The molecular weight excluding hydrogens is 1700 g/mol. The van der Waals surface area contributed by atoms with E-state index in [0.717, 1.165) is 61.9 Å². The molecule has 618 valence electrons. The molecule has 19 nitrogen and oxygen atoms in total. The summed E-state index contributed by atoms with van der Waals surface area (Å²) < 4.78 is 105. The Balaban J connectivity index is -0.000000373. The van der Waals surface area contributed by atoms with Crippen molar-refractivity contribution in [3.05, 3.63) is 148 Å². The van der Waals surface area contributed by atoms with Gasteiger partial charge < -0.3 is 14.6 Å². The fourth-order valence-corrected chi connectivity index (χ4v) is 11.1. The molecule has 2 aliphatic rings. The second-order valence-electron chi connectivity index (χ2n) is 26.2. The summed E-state index contributed by atoms with van der Waals surface area (Å²) >= 11 is 35.1. The smallest absolute Gasteiger partial charge is 0.222 e. The molecule has 1 saturated carbocycles. The number of hydroxylamine groups is 1. The lowest BCUT2D eigenvalue weighted by atomic mass is 10.00. The molecule has 108 heavy (non-hydrogen) atoms. The highest BCUT2D eigenvalue weighted by Crippen LogP contribution is 2.36. The largest absolute Gasteiger partial charge is 0.349 e. The van der Waals surface area contributed by atoms with Gasteiger partial charge in [-0.2, -0.15) is 4.40 Å². The SMILES string of the molecule is CC(C)(C)[S@@](N)=O.CC(C)(C)[S@](=O)N1CCC[C@@H]1c1cncc(F)c1.CC(C)(C)[S@](=O)N=C(CCCCl)c1cncc(F)c1.CN(C)C(=O)CCCCl.CN(C)C(=O)CCCCl.CNOC.Cl.Cl.Fc1cncc(Br)c1.Fc1cncc(C2CCCC2)c1.O=C(CCCCl)c1cncc(F)c1.O=C(Cl)CCCCl. The number of alkyl halides is 5. The van der Waals surface area contributed by atoms with Gasteiger partial charge in [-0.05, 0) is 201 Å². The number of pyridine rings is 5. The number of rotatable bonds is 22. The molecule has 7 rings (SSSR count). The average molecular weight is 1810 g/mol. The van der Waals surface area contributed by atoms with Crippen molar-refractivity contribution in [3.63, 3.8) is 0 Å². The van der Waals surface area contributed by atoms with E-state index in [0.29, 0.717) is 108 Å². The number of nitrogens with one attached hydrogen (secondary N) is 1. The van der Waals surface area contributed by atoms with E-state index in [1.54, 1.807) is 70.6 Å². The zero-order valence-electron chi connectivity index (χ0n) is 64.3. The summed E-state index contributed by atoms with van der Waals surface area (Å²) in [6.45, 7) is 17.7. The molecule has 1 aliphatic carbocycles. The summed E-state index contributed by atoms with van der Waals surface area (Å²) in [7, 11) is 6.63. The molecule has 0 unspecified atom stereocenters. The van der Waals surface area contributed by atoms with Crippen LogP contribution >= 0.6 is 110 Å². The molecule has 5 aromatic heterocycles. The zero-order valence-corrected chi connectivity index (χ0v) is 74.5. The van der Waals surface area contributed by atoms with Gasteiger partial charge in [-0.15, -0.1) is 82.8 Å². The average Bonchev–Trinajstić information content (AvgIpc) is 1.63. The van der Waals surface area contributed by atoms with Crippen molar-refractivity contribution < 1.29 is 58.6 Å². The standard InChI is InChI=1S/C13H18ClFN2OS.C13H19FN2OS.C10H12FN.C9H9ClFNO.2C6H12ClNO.C5H3BrFN.C4H6Cl2O.C4H11NOS.C2H7NO.2ClH/c1-13(2,3)19(18)17-12(5-4-6-14)10-7-11(15)9-16-8-10;1-13(2,3)18(17)16-6-4-5-12(16)10-7-11(14)9-15-8-10;11-10-5-9(6-12-7-10)8-3-1-2-4-8;10-3-1-2-9(13)7-4-8(11)6-12-5-7;2*1-8(2)6(9)4-3-5-7;6-4-1-5(7)3-8-2-4;5-3-1-2-4(6)7;1-4(2,3)7(5)6;1-3-4-2;;/h7-9H,4-6H2,1-3H3;7-9,12H,4-6H2,1-3H3;5-8H,1-4H2;4-6H,1-3H2;2*3-5H2,1-2H3;1-3H;1-3H2;5H2,1-3H3;3H,1-2H3;2*1H/t19-;12-,18+;;;;;;;7-;;;/m01......0.../s1. The van der Waals surface area contributed by atoms with Crippen molar-refractivity contribution in [2.75, 3.05) is 78.3 Å². The van der Waals surface area contributed by atoms with Gasteiger partial charge in [0.05, 0.1) is 69.0 Å². The number of carbonyl (C=O) groups excluding carboxylic acids is 4. The first-order valence-electron chi connectivity index (χ1n) is 33.8. The molecule has 4 atom stereocenters. The minimum absolute atomic E-state index is 0. The maximum atomic E-state index is 13.2. The van der Waals surface area contributed by atoms with Gasteiger partial charge in [0.25, 0.3) is 0 Å². The van der Waals surface area contributed by atoms with Crippen LogP contribution in [0.5, 0.6) is 0 Å². The molecule has 2 fully saturated rings. The van der Waals surface area contributed by atoms with E-state index < -0.39 is 49.3 Å². The number of hydrogen-bond acceptors (Lipinski definition) is 14. The van der Waals surface area contributed by atoms with E-state index in [1.807, 2.05) is 66.6 Å². The highest BCUT2D eigenvalue weighted by molar-refractivity contribution is 9.10. The molecule has 0 radical (unpaired) electrons. The molecule has 1 aliphatic heterocycles. The predicted molar refractivity (Wildman–Crippen MR) is 446 cm³/mol. The third-order valence-corrected chi connectivity index (χ3v) is 20.0. The second-order valence-corrected chi connectivity index (χ2v) is 35.3. The number of nitrogens with zero attached hydrogens (tertiary/aromatic N) is 9. The van der Waals surface area contributed by atoms with Gasteiger partial charge in [0.1, 0.15) is 51.1 Å².